The summed E-state index contributed by atoms with van der Waals surface area (Å²) in [6, 6.07) is 10.4. The number of ether oxygens (including phenoxy) is 1. The summed E-state index contributed by atoms with van der Waals surface area (Å²) in [5.41, 5.74) is 2.61. The smallest absolute Gasteiger partial charge is 0.129 e. The van der Waals surface area contributed by atoms with Crippen LogP contribution in [0.4, 0.5) is 4.39 Å². The Kier molecular flexibility index (Phi) is 4.48. The van der Waals surface area contributed by atoms with E-state index in [4.69, 9.17) is 16.3 Å². The summed E-state index contributed by atoms with van der Waals surface area (Å²) in [6.07, 6.45) is 0. The molecule has 0 aliphatic rings. The number of aryl methyl sites for hydroxylation is 1. The number of hydrogen-bond acceptors (Lipinski definition) is 1. The van der Waals surface area contributed by atoms with Gasteiger partial charge in [-0.25, -0.2) is 4.39 Å². The zero-order valence-corrected chi connectivity index (χ0v) is 12.9. The van der Waals surface area contributed by atoms with Gasteiger partial charge < -0.3 is 4.74 Å². The van der Waals surface area contributed by atoms with E-state index in [1.165, 1.54) is 6.07 Å². The largest absolute Gasteiger partial charge is 0.497 e. The van der Waals surface area contributed by atoms with Gasteiger partial charge in [0, 0.05) is 10.6 Å². The summed E-state index contributed by atoms with van der Waals surface area (Å²) in [4.78, 5) is -0.212. The first-order valence-electron chi connectivity index (χ1n) is 5.76. The van der Waals surface area contributed by atoms with Crippen LogP contribution in [0.25, 0.3) is 0 Å². The van der Waals surface area contributed by atoms with Crippen molar-refractivity contribution in [1.29, 1.82) is 0 Å². The van der Waals surface area contributed by atoms with E-state index in [0.29, 0.717) is 10.6 Å². The van der Waals surface area contributed by atoms with E-state index in [1.807, 2.05) is 25.1 Å². The first-order valence-corrected chi connectivity index (χ1v) is 7.06. The third kappa shape index (κ3) is 3.10. The van der Waals surface area contributed by atoms with Crippen LogP contribution in [0.5, 0.6) is 5.75 Å². The molecule has 1 unspecified atom stereocenters. The van der Waals surface area contributed by atoms with Gasteiger partial charge in [-0.3, -0.25) is 0 Å². The number of methoxy groups -OCH3 is 1. The van der Waals surface area contributed by atoms with Crippen molar-refractivity contribution in [2.45, 2.75) is 11.8 Å². The van der Waals surface area contributed by atoms with Gasteiger partial charge in [-0.1, -0.05) is 39.7 Å². The lowest BCUT2D eigenvalue weighted by Crippen LogP contribution is -1.99. The van der Waals surface area contributed by atoms with Crippen LogP contribution >= 0.6 is 27.5 Å². The number of halogens is 3. The molecule has 1 atom stereocenters. The Morgan fingerprint density at radius 2 is 1.84 bits per heavy atom. The molecule has 0 amide bonds. The van der Waals surface area contributed by atoms with Crippen molar-refractivity contribution in [3.8, 4) is 5.75 Å². The summed E-state index contributed by atoms with van der Waals surface area (Å²) in [5.74, 6) is 0.474. The Hall–Kier alpha value is -1.06. The van der Waals surface area contributed by atoms with E-state index < -0.39 is 0 Å². The molecule has 2 rings (SSSR count). The van der Waals surface area contributed by atoms with Gasteiger partial charge in [-0.15, -0.1) is 0 Å². The van der Waals surface area contributed by atoms with E-state index in [0.717, 1.165) is 16.9 Å². The lowest BCUT2D eigenvalue weighted by Gasteiger charge is -2.15. The molecule has 0 aliphatic heterocycles. The molecular formula is C15H13BrClFO. The molecule has 0 bridgehead atoms. The van der Waals surface area contributed by atoms with Crippen molar-refractivity contribution in [2.24, 2.45) is 0 Å². The summed E-state index contributed by atoms with van der Waals surface area (Å²) < 4.78 is 19.1. The molecule has 0 N–H and O–H groups in total. The second kappa shape index (κ2) is 5.93. The molecule has 0 saturated carbocycles. The van der Waals surface area contributed by atoms with Crippen molar-refractivity contribution in [3.05, 3.63) is 63.9 Å². The fourth-order valence-corrected chi connectivity index (χ4v) is 2.98. The Morgan fingerprint density at radius 1 is 1.16 bits per heavy atom. The second-order valence-corrected chi connectivity index (χ2v) is 5.60. The quantitative estimate of drug-likeness (QED) is 0.689. The normalized spacial score (nSPS) is 12.3. The van der Waals surface area contributed by atoms with Gasteiger partial charge in [0.1, 0.15) is 11.6 Å². The molecule has 0 radical (unpaired) electrons. The lowest BCUT2D eigenvalue weighted by atomic mass is 10.00. The van der Waals surface area contributed by atoms with Crippen LogP contribution in [-0.4, -0.2) is 7.11 Å². The Balaban J connectivity index is 2.41. The predicted molar refractivity (Wildman–Crippen MR) is 79.9 cm³/mol. The molecule has 0 spiro atoms. The first-order chi connectivity index (χ1) is 9.02. The van der Waals surface area contributed by atoms with E-state index >= 15 is 0 Å². The molecule has 1 nitrogen and oxygen atoms in total. The number of hydrogen-bond donors (Lipinski definition) is 0. The van der Waals surface area contributed by atoms with E-state index in [9.17, 15) is 4.39 Å². The number of benzene rings is 2. The van der Waals surface area contributed by atoms with Crippen LogP contribution < -0.4 is 4.74 Å². The first kappa shape index (κ1) is 14.4. The predicted octanol–water partition coefficient (Wildman–Crippen LogP) is 5.28. The van der Waals surface area contributed by atoms with Crippen molar-refractivity contribution in [2.75, 3.05) is 7.11 Å². The van der Waals surface area contributed by atoms with Gasteiger partial charge in [-0.2, -0.15) is 0 Å². The molecule has 0 saturated heterocycles. The number of alkyl halides is 1. The molecule has 0 fully saturated rings. The minimum Gasteiger partial charge on any atom is -0.497 e. The summed E-state index contributed by atoms with van der Waals surface area (Å²) in [7, 11) is 1.62. The molecule has 0 heterocycles. The summed E-state index contributed by atoms with van der Waals surface area (Å²) in [5, 5.41) is 0.396. The minimum atomic E-state index is -0.315. The highest BCUT2D eigenvalue weighted by molar-refractivity contribution is 9.09. The van der Waals surface area contributed by atoms with Crippen LogP contribution in [0.15, 0.2) is 36.4 Å². The highest BCUT2D eigenvalue weighted by Crippen LogP contribution is 2.36. The van der Waals surface area contributed by atoms with Gasteiger partial charge in [-0.05, 0) is 42.3 Å². The molecule has 2 aromatic carbocycles. The van der Waals surface area contributed by atoms with Crippen LogP contribution in [0.3, 0.4) is 0 Å². The maximum absolute atomic E-state index is 13.9. The monoisotopic (exact) mass is 342 g/mol. The summed E-state index contributed by atoms with van der Waals surface area (Å²) >= 11 is 9.31. The Labute approximate surface area is 125 Å². The van der Waals surface area contributed by atoms with Crippen LogP contribution in [0, 0.1) is 12.7 Å². The fourth-order valence-electron chi connectivity index (χ4n) is 1.93. The lowest BCUT2D eigenvalue weighted by molar-refractivity contribution is 0.414. The topological polar surface area (TPSA) is 9.23 Å². The maximum atomic E-state index is 13.9. The van der Waals surface area contributed by atoms with E-state index in [-0.39, 0.29) is 10.6 Å². The highest BCUT2D eigenvalue weighted by atomic mass is 79.9. The maximum Gasteiger partial charge on any atom is 0.129 e. The van der Waals surface area contributed by atoms with Crippen molar-refractivity contribution in [1.82, 2.24) is 0 Å². The standard InChI is InChI=1S/C15H13BrClFO/c1-9-7-11(19-2)4-6-12(9)15(16)13-5-3-10(17)8-14(13)18/h3-8,15H,1-2H3. The van der Waals surface area contributed by atoms with Crippen LogP contribution in [0.1, 0.15) is 21.5 Å². The van der Waals surface area contributed by atoms with Crippen molar-refractivity contribution >= 4 is 27.5 Å². The van der Waals surface area contributed by atoms with Gasteiger partial charge in [0.15, 0.2) is 0 Å². The summed E-state index contributed by atoms with van der Waals surface area (Å²) in [6.45, 7) is 1.97. The van der Waals surface area contributed by atoms with Crippen molar-refractivity contribution in [3.63, 3.8) is 0 Å². The molecular weight excluding hydrogens is 331 g/mol. The molecule has 0 aromatic heterocycles. The van der Waals surface area contributed by atoms with Gasteiger partial charge in [0.25, 0.3) is 0 Å². The Morgan fingerprint density at radius 3 is 2.42 bits per heavy atom. The molecule has 19 heavy (non-hydrogen) atoms. The third-order valence-electron chi connectivity index (χ3n) is 2.99. The molecule has 100 valence electrons. The van der Waals surface area contributed by atoms with Gasteiger partial charge in [0.05, 0.1) is 11.9 Å². The average molecular weight is 344 g/mol. The fraction of sp³-hybridized carbons (Fsp3) is 0.200. The number of rotatable bonds is 3. The van der Waals surface area contributed by atoms with Gasteiger partial charge >= 0.3 is 0 Å². The molecule has 2 aromatic rings. The van der Waals surface area contributed by atoms with Crippen molar-refractivity contribution < 1.29 is 9.13 Å². The molecule has 4 heteroatoms. The van der Waals surface area contributed by atoms with Gasteiger partial charge in [0.2, 0.25) is 0 Å². The van der Waals surface area contributed by atoms with E-state index in [1.54, 1.807) is 19.2 Å². The van der Waals surface area contributed by atoms with Crippen LogP contribution in [0.2, 0.25) is 5.02 Å². The third-order valence-corrected chi connectivity index (χ3v) is 4.21. The van der Waals surface area contributed by atoms with E-state index in [2.05, 4.69) is 15.9 Å². The second-order valence-electron chi connectivity index (χ2n) is 4.25. The zero-order valence-electron chi connectivity index (χ0n) is 10.6. The molecule has 0 aliphatic carbocycles. The highest BCUT2D eigenvalue weighted by Gasteiger charge is 2.17. The SMILES string of the molecule is COc1ccc(C(Br)c2ccc(Cl)cc2F)c(C)c1. The average Bonchev–Trinajstić information content (AvgIpc) is 2.37. The minimum absolute atomic E-state index is 0.212. The van der Waals surface area contributed by atoms with Crippen LogP contribution in [-0.2, 0) is 0 Å². The zero-order chi connectivity index (χ0) is 14.0. The Bertz CT molecular complexity index is 601.